The van der Waals surface area contributed by atoms with Crippen LogP contribution < -0.4 is 9.47 Å². The van der Waals surface area contributed by atoms with Crippen molar-refractivity contribution in [3.8, 4) is 11.5 Å². The Morgan fingerprint density at radius 2 is 1.60 bits per heavy atom. The van der Waals surface area contributed by atoms with E-state index in [4.69, 9.17) is 33.5 Å². The van der Waals surface area contributed by atoms with E-state index in [1.54, 1.807) is 0 Å². The number of halogens is 1. The fourth-order valence-electron chi connectivity index (χ4n) is 1.75. The Hall–Kier alpha value is -1.94. The molecular weight excluding hydrogens is 339 g/mol. The molecule has 9 heteroatoms. The summed E-state index contributed by atoms with van der Waals surface area (Å²) in [4.78, 5) is 10.8. The molecule has 0 unspecified atom stereocenters. The standard InChI is InChI=1S/C16H23FO8/c1-20-3-5-22-10-24-14-8-12(9-15(18)19)7-13(17)16(14)25-11-23-6-4-21-2/h7-8H,3-6,9-11H2,1-2H3,(H,18,19). The number of carboxylic acid groups (broad SMARTS) is 1. The Bertz CT molecular complexity index is 523. The third-order valence-electron chi connectivity index (χ3n) is 2.87. The first-order chi connectivity index (χ1) is 12.1. The molecule has 0 fully saturated rings. The van der Waals surface area contributed by atoms with Gasteiger partial charge >= 0.3 is 5.97 Å². The molecule has 8 nitrogen and oxygen atoms in total. The minimum atomic E-state index is -1.08. The number of benzene rings is 1. The van der Waals surface area contributed by atoms with Crippen LogP contribution in [0, 0.1) is 5.82 Å². The molecule has 25 heavy (non-hydrogen) atoms. The monoisotopic (exact) mass is 362 g/mol. The molecule has 0 radical (unpaired) electrons. The normalized spacial score (nSPS) is 10.7. The minimum Gasteiger partial charge on any atom is -0.481 e. The minimum absolute atomic E-state index is 0.0315. The topological polar surface area (TPSA) is 92.7 Å². The molecule has 0 heterocycles. The highest BCUT2D eigenvalue weighted by Crippen LogP contribution is 2.32. The lowest BCUT2D eigenvalue weighted by Crippen LogP contribution is -2.12. The second-order valence-electron chi connectivity index (χ2n) is 4.80. The Labute approximate surface area is 145 Å². The first-order valence-electron chi connectivity index (χ1n) is 7.51. The lowest BCUT2D eigenvalue weighted by molar-refractivity contribution is -0.136. The Morgan fingerprint density at radius 3 is 2.16 bits per heavy atom. The molecule has 1 N–H and O–H groups in total. The summed E-state index contributed by atoms with van der Waals surface area (Å²) in [5, 5.41) is 8.85. The summed E-state index contributed by atoms with van der Waals surface area (Å²) < 4.78 is 44.8. The van der Waals surface area contributed by atoms with E-state index in [1.165, 1.54) is 20.3 Å². The number of methoxy groups -OCH3 is 2. The summed E-state index contributed by atoms with van der Waals surface area (Å²) >= 11 is 0. The number of ether oxygens (including phenoxy) is 6. The van der Waals surface area contributed by atoms with Crippen LogP contribution >= 0.6 is 0 Å². The first kappa shape index (κ1) is 21.1. The van der Waals surface area contributed by atoms with Crippen LogP contribution in [0.25, 0.3) is 0 Å². The Balaban J connectivity index is 2.74. The van der Waals surface area contributed by atoms with Crippen LogP contribution in [-0.4, -0.2) is 65.3 Å². The highest BCUT2D eigenvalue weighted by Gasteiger charge is 2.16. The number of aliphatic carboxylic acids is 1. The zero-order valence-corrected chi connectivity index (χ0v) is 14.3. The lowest BCUT2D eigenvalue weighted by Gasteiger charge is -2.15. The third-order valence-corrected chi connectivity index (χ3v) is 2.87. The van der Waals surface area contributed by atoms with Gasteiger partial charge in [-0.25, -0.2) is 4.39 Å². The van der Waals surface area contributed by atoms with Crippen molar-refractivity contribution in [3.63, 3.8) is 0 Å². The third kappa shape index (κ3) is 8.64. The van der Waals surface area contributed by atoms with Gasteiger partial charge in [0.25, 0.3) is 0 Å². The summed E-state index contributed by atoms with van der Waals surface area (Å²) in [6.07, 6.45) is -0.345. The molecule has 0 aliphatic carbocycles. The van der Waals surface area contributed by atoms with E-state index in [2.05, 4.69) is 0 Å². The van der Waals surface area contributed by atoms with Crippen molar-refractivity contribution in [2.24, 2.45) is 0 Å². The molecule has 0 aromatic heterocycles. The number of rotatable bonds is 14. The highest BCUT2D eigenvalue weighted by atomic mass is 19.1. The van der Waals surface area contributed by atoms with Crippen LogP contribution in [0.3, 0.4) is 0 Å². The molecule has 0 saturated heterocycles. The fraction of sp³-hybridized carbons (Fsp3) is 0.562. The molecule has 0 saturated carbocycles. The second-order valence-corrected chi connectivity index (χ2v) is 4.80. The summed E-state index contributed by atoms with van der Waals surface area (Å²) in [6.45, 7) is 0.961. The number of carbonyl (C=O) groups is 1. The maximum atomic E-state index is 14.2. The van der Waals surface area contributed by atoms with Gasteiger partial charge in [0.1, 0.15) is 0 Å². The average molecular weight is 362 g/mol. The van der Waals surface area contributed by atoms with Crippen molar-refractivity contribution in [2.75, 3.05) is 54.2 Å². The van der Waals surface area contributed by atoms with Gasteiger partial charge in [-0.3, -0.25) is 4.79 Å². The molecule has 0 aliphatic heterocycles. The van der Waals surface area contributed by atoms with Crippen LogP contribution in [0.5, 0.6) is 11.5 Å². The lowest BCUT2D eigenvalue weighted by atomic mass is 10.1. The Kier molecular flexibility index (Phi) is 10.5. The van der Waals surface area contributed by atoms with E-state index in [0.29, 0.717) is 19.8 Å². The van der Waals surface area contributed by atoms with Gasteiger partial charge in [0, 0.05) is 14.2 Å². The predicted molar refractivity (Wildman–Crippen MR) is 84.4 cm³/mol. The fourth-order valence-corrected chi connectivity index (χ4v) is 1.75. The van der Waals surface area contributed by atoms with Crippen LogP contribution in [-0.2, 0) is 30.2 Å². The molecule has 1 aromatic carbocycles. The average Bonchev–Trinajstić information content (AvgIpc) is 2.55. The van der Waals surface area contributed by atoms with Gasteiger partial charge in [0.15, 0.2) is 30.9 Å². The quantitative estimate of drug-likeness (QED) is 0.393. The van der Waals surface area contributed by atoms with Gasteiger partial charge in [0.2, 0.25) is 0 Å². The zero-order valence-electron chi connectivity index (χ0n) is 14.3. The molecule has 1 rings (SSSR count). The molecule has 0 spiro atoms. The summed E-state index contributed by atoms with van der Waals surface area (Å²) in [5.41, 5.74) is 0.240. The summed E-state index contributed by atoms with van der Waals surface area (Å²) in [6, 6.07) is 2.47. The summed E-state index contributed by atoms with van der Waals surface area (Å²) in [5.74, 6) is -1.98. The van der Waals surface area contributed by atoms with Crippen molar-refractivity contribution >= 4 is 5.97 Å². The molecule has 0 amide bonds. The van der Waals surface area contributed by atoms with Crippen molar-refractivity contribution in [1.82, 2.24) is 0 Å². The number of hydrogen-bond acceptors (Lipinski definition) is 7. The van der Waals surface area contributed by atoms with E-state index in [1.807, 2.05) is 0 Å². The van der Waals surface area contributed by atoms with Crippen LogP contribution in [0.15, 0.2) is 12.1 Å². The van der Waals surface area contributed by atoms with Gasteiger partial charge in [-0.1, -0.05) is 0 Å². The van der Waals surface area contributed by atoms with Crippen molar-refractivity contribution in [3.05, 3.63) is 23.5 Å². The van der Waals surface area contributed by atoms with Crippen molar-refractivity contribution in [2.45, 2.75) is 6.42 Å². The molecule has 1 aromatic rings. The molecule has 0 bridgehead atoms. The van der Waals surface area contributed by atoms with Crippen LogP contribution in [0.2, 0.25) is 0 Å². The van der Waals surface area contributed by atoms with E-state index >= 15 is 0 Å². The van der Waals surface area contributed by atoms with Crippen molar-refractivity contribution in [1.29, 1.82) is 0 Å². The van der Waals surface area contributed by atoms with E-state index in [0.717, 1.165) is 6.07 Å². The van der Waals surface area contributed by atoms with Gasteiger partial charge in [-0.05, 0) is 17.7 Å². The van der Waals surface area contributed by atoms with Crippen molar-refractivity contribution < 1.29 is 42.7 Å². The Morgan fingerprint density at radius 1 is 1.00 bits per heavy atom. The smallest absolute Gasteiger partial charge is 0.307 e. The molecular formula is C16H23FO8. The first-order valence-corrected chi connectivity index (χ1v) is 7.51. The SMILES string of the molecule is COCCOCOc1cc(CC(=O)O)cc(F)c1OCOCCOC. The second kappa shape index (κ2) is 12.4. The maximum Gasteiger partial charge on any atom is 0.307 e. The highest BCUT2D eigenvalue weighted by molar-refractivity contribution is 5.70. The number of hydrogen-bond donors (Lipinski definition) is 1. The van der Waals surface area contributed by atoms with Gasteiger partial charge < -0.3 is 33.5 Å². The van der Waals surface area contributed by atoms with Gasteiger partial charge in [0.05, 0.1) is 32.8 Å². The maximum absolute atomic E-state index is 14.2. The molecule has 0 aliphatic rings. The van der Waals surface area contributed by atoms with Crippen LogP contribution in [0.4, 0.5) is 4.39 Å². The van der Waals surface area contributed by atoms with Gasteiger partial charge in [-0.15, -0.1) is 0 Å². The summed E-state index contributed by atoms with van der Waals surface area (Å²) in [7, 11) is 3.06. The predicted octanol–water partition coefficient (Wildman–Crippen LogP) is 1.45. The largest absolute Gasteiger partial charge is 0.481 e. The van der Waals surface area contributed by atoms with Crippen LogP contribution in [0.1, 0.15) is 5.56 Å². The van der Waals surface area contributed by atoms with E-state index in [-0.39, 0.29) is 43.7 Å². The zero-order chi connectivity index (χ0) is 18.5. The number of carboxylic acids is 1. The molecule has 0 atom stereocenters. The van der Waals surface area contributed by atoms with E-state index in [9.17, 15) is 9.18 Å². The van der Waals surface area contributed by atoms with E-state index < -0.39 is 11.8 Å². The van der Waals surface area contributed by atoms with Gasteiger partial charge in [-0.2, -0.15) is 0 Å². The molecule has 142 valence electrons.